The van der Waals surface area contributed by atoms with Crippen LogP contribution < -0.4 is 5.32 Å². The quantitative estimate of drug-likeness (QED) is 0.486. The highest BCUT2D eigenvalue weighted by Crippen LogP contribution is 2.46. The predicted octanol–water partition coefficient (Wildman–Crippen LogP) is 0.204. The van der Waals surface area contributed by atoms with E-state index < -0.39 is 0 Å². The molecule has 2 unspecified atom stereocenters. The number of fused-ring (bicyclic) bond motifs is 1. The third-order valence-corrected chi connectivity index (χ3v) is 2.80. The van der Waals surface area contributed by atoms with Gasteiger partial charge in [0.15, 0.2) is 0 Å². The molecule has 0 saturated carbocycles. The minimum Gasteiger partial charge on any atom is -0.295 e. The van der Waals surface area contributed by atoms with Crippen LogP contribution in [-0.4, -0.2) is 34.9 Å². The van der Waals surface area contributed by atoms with Gasteiger partial charge in [-0.3, -0.25) is 5.32 Å². The first-order chi connectivity index (χ1) is 4.48. The van der Waals surface area contributed by atoms with Gasteiger partial charge >= 0.3 is 0 Å². The van der Waals surface area contributed by atoms with E-state index in [0.717, 1.165) is 6.54 Å². The topological polar surface area (TPSA) is 18.0 Å². The summed E-state index contributed by atoms with van der Waals surface area (Å²) in [6.45, 7) is 7.76. The maximum atomic E-state index is 3.45. The van der Waals surface area contributed by atoms with Gasteiger partial charge in [-0.2, -0.15) is 5.01 Å². The minimum absolute atomic E-state index is 0.170. The molecule has 1 N–H and O–H groups in total. The molecule has 0 aromatic carbocycles. The molecule has 0 spiro atoms. The first-order valence-electron chi connectivity index (χ1n) is 3.78. The van der Waals surface area contributed by atoms with Crippen molar-refractivity contribution in [3.8, 4) is 0 Å². The van der Waals surface area contributed by atoms with Crippen molar-refractivity contribution in [2.24, 2.45) is 0 Å². The van der Waals surface area contributed by atoms with E-state index in [9.17, 15) is 0 Å². The maximum Gasteiger partial charge on any atom is 0.112 e. The Bertz CT molecular complexity index is 173. The first kappa shape index (κ1) is 6.58. The number of hydrogen-bond donors (Lipinski definition) is 1. The Kier molecular flexibility index (Phi) is 0.918. The summed E-state index contributed by atoms with van der Waals surface area (Å²) < 4.78 is 0. The molecule has 2 fully saturated rings. The zero-order chi connectivity index (χ0) is 7.57. The zero-order valence-electron chi connectivity index (χ0n) is 7.10. The van der Waals surface area contributed by atoms with E-state index in [-0.39, 0.29) is 5.66 Å². The van der Waals surface area contributed by atoms with Crippen molar-refractivity contribution in [2.75, 3.05) is 13.6 Å². The lowest BCUT2D eigenvalue weighted by atomic mass is 10.3. The fourth-order valence-electron chi connectivity index (χ4n) is 2.08. The fourth-order valence-corrected chi connectivity index (χ4v) is 2.08. The second kappa shape index (κ2) is 1.40. The lowest BCUT2D eigenvalue weighted by molar-refractivity contribution is 0.161. The van der Waals surface area contributed by atoms with Crippen molar-refractivity contribution in [2.45, 2.75) is 32.1 Å². The monoisotopic (exact) mass is 141 g/mol. The van der Waals surface area contributed by atoms with Gasteiger partial charge in [0.1, 0.15) is 5.66 Å². The molecule has 3 heteroatoms. The number of hydrazine groups is 1. The molecule has 3 atom stereocenters. The molecule has 2 rings (SSSR count). The molecule has 2 saturated heterocycles. The molecule has 2 aliphatic rings. The molecule has 3 nitrogen and oxygen atoms in total. The van der Waals surface area contributed by atoms with Crippen LogP contribution in [0.3, 0.4) is 0 Å². The molecule has 0 bridgehead atoms. The first-order valence-corrected chi connectivity index (χ1v) is 3.78. The molecule has 0 aliphatic carbocycles. The molecule has 2 aliphatic heterocycles. The van der Waals surface area contributed by atoms with E-state index >= 15 is 0 Å². The van der Waals surface area contributed by atoms with Gasteiger partial charge in [-0.05, 0) is 20.8 Å². The Labute approximate surface area is 62.0 Å². The SMILES string of the molecule is CN1N2C(C)(C)NC[C@]12C. The third-order valence-electron chi connectivity index (χ3n) is 2.80. The molecule has 0 aromatic heterocycles. The summed E-state index contributed by atoms with van der Waals surface area (Å²) >= 11 is 0. The Morgan fingerprint density at radius 1 is 1.30 bits per heavy atom. The van der Waals surface area contributed by atoms with Gasteiger partial charge in [0.25, 0.3) is 0 Å². The lowest BCUT2D eigenvalue weighted by Gasteiger charge is -2.22. The second-order valence-corrected chi connectivity index (χ2v) is 3.96. The second-order valence-electron chi connectivity index (χ2n) is 3.96. The molecule has 58 valence electrons. The van der Waals surface area contributed by atoms with E-state index in [4.69, 9.17) is 0 Å². The van der Waals surface area contributed by atoms with E-state index in [1.54, 1.807) is 0 Å². The summed E-state index contributed by atoms with van der Waals surface area (Å²) in [6.07, 6.45) is 0. The van der Waals surface area contributed by atoms with Crippen molar-refractivity contribution >= 4 is 0 Å². The standard InChI is InChI=1S/C7H15N3/c1-6(2)8-5-7(3)9(4)10(6)7/h8H,5H2,1-4H3/t7-,9?,10?/m1/s1. The largest absolute Gasteiger partial charge is 0.295 e. The summed E-state index contributed by atoms with van der Waals surface area (Å²) in [4.78, 5) is 0. The molecule has 10 heavy (non-hydrogen) atoms. The summed E-state index contributed by atoms with van der Waals surface area (Å²) in [5.74, 6) is 0. The van der Waals surface area contributed by atoms with Gasteiger partial charge in [-0.25, -0.2) is 5.01 Å². The highest BCUT2D eigenvalue weighted by atomic mass is 15.9. The van der Waals surface area contributed by atoms with Crippen molar-refractivity contribution in [1.82, 2.24) is 15.3 Å². The van der Waals surface area contributed by atoms with Crippen LogP contribution in [0.2, 0.25) is 0 Å². The third kappa shape index (κ3) is 0.516. The number of likely N-dealkylation sites (N-methyl/N-ethyl adjacent to an activating group) is 1. The van der Waals surface area contributed by atoms with Crippen LogP contribution >= 0.6 is 0 Å². The van der Waals surface area contributed by atoms with Crippen LogP contribution in [0.5, 0.6) is 0 Å². The summed E-state index contributed by atoms with van der Waals surface area (Å²) in [7, 11) is 2.14. The molecule has 0 aromatic rings. The Morgan fingerprint density at radius 3 is 2.10 bits per heavy atom. The van der Waals surface area contributed by atoms with E-state index in [1.165, 1.54) is 0 Å². The highest BCUT2D eigenvalue weighted by molar-refractivity contribution is 5.10. The smallest absolute Gasteiger partial charge is 0.112 e. The van der Waals surface area contributed by atoms with Crippen LogP contribution in [0, 0.1) is 0 Å². The summed E-state index contributed by atoms with van der Waals surface area (Å²) in [5.41, 5.74) is 0.479. The lowest BCUT2D eigenvalue weighted by Crippen LogP contribution is -2.43. The van der Waals surface area contributed by atoms with E-state index in [1.807, 2.05) is 0 Å². The van der Waals surface area contributed by atoms with Crippen molar-refractivity contribution in [1.29, 1.82) is 0 Å². The number of hydrogen-bond acceptors (Lipinski definition) is 3. The van der Waals surface area contributed by atoms with Gasteiger partial charge in [0, 0.05) is 13.6 Å². The van der Waals surface area contributed by atoms with Crippen LogP contribution in [0.15, 0.2) is 0 Å². The summed E-state index contributed by atoms with van der Waals surface area (Å²) in [5, 5.41) is 8.12. The summed E-state index contributed by atoms with van der Waals surface area (Å²) in [6, 6.07) is 0. The predicted molar refractivity (Wildman–Crippen MR) is 40.1 cm³/mol. The van der Waals surface area contributed by atoms with Gasteiger partial charge in [-0.15, -0.1) is 0 Å². The molecular formula is C7H15N3. The Hall–Kier alpha value is -0.120. The van der Waals surface area contributed by atoms with E-state index in [2.05, 4.69) is 43.2 Å². The number of rotatable bonds is 0. The van der Waals surface area contributed by atoms with Crippen LogP contribution in [-0.2, 0) is 0 Å². The van der Waals surface area contributed by atoms with Crippen molar-refractivity contribution in [3.05, 3.63) is 0 Å². The van der Waals surface area contributed by atoms with Crippen molar-refractivity contribution < 1.29 is 0 Å². The van der Waals surface area contributed by atoms with Crippen LogP contribution in [0.1, 0.15) is 20.8 Å². The Morgan fingerprint density at radius 2 is 1.90 bits per heavy atom. The highest BCUT2D eigenvalue weighted by Gasteiger charge is 2.65. The number of nitrogens with one attached hydrogen (secondary N) is 1. The average molecular weight is 141 g/mol. The number of nitrogens with zero attached hydrogens (tertiary/aromatic N) is 2. The fraction of sp³-hybridized carbons (Fsp3) is 1.00. The van der Waals surface area contributed by atoms with Crippen LogP contribution in [0.25, 0.3) is 0 Å². The van der Waals surface area contributed by atoms with E-state index in [0.29, 0.717) is 5.66 Å². The van der Waals surface area contributed by atoms with Crippen LogP contribution in [0.4, 0.5) is 0 Å². The molecular weight excluding hydrogens is 126 g/mol. The van der Waals surface area contributed by atoms with Gasteiger partial charge in [-0.1, -0.05) is 0 Å². The van der Waals surface area contributed by atoms with Gasteiger partial charge in [0.2, 0.25) is 0 Å². The average Bonchev–Trinajstić information content (AvgIpc) is 2.22. The molecule has 0 amide bonds. The molecule has 2 heterocycles. The van der Waals surface area contributed by atoms with Gasteiger partial charge in [0.05, 0.1) is 5.66 Å². The zero-order valence-corrected chi connectivity index (χ0v) is 7.10. The minimum atomic E-state index is 0.170. The van der Waals surface area contributed by atoms with Crippen molar-refractivity contribution in [3.63, 3.8) is 0 Å². The maximum absolute atomic E-state index is 3.45. The normalized spacial score (nSPS) is 56.4. The van der Waals surface area contributed by atoms with Gasteiger partial charge < -0.3 is 0 Å². The Balaban J connectivity index is 2.25. The molecule has 0 radical (unpaired) electrons.